The molecule has 20 heavy (non-hydrogen) atoms. The summed E-state index contributed by atoms with van der Waals surface area (Å²) in [7, 11) is 0. The summed E-state index contributed by atoms with van der Waals surface area (Å²) in [5, 5.41) is 5.01. The molecular formula is C15H20N2O2S. The molecule has 3 rings (SSSR count). The van der Waals surface area contributed by atoms with Crippen molar-refractivity contribution in [1.29, 1.82) is 0 Å². The van der Waals surface area contributed by atoms with Gasteiger partial charge >= 0.3 is 0 Å². The van der Waals surface area contributed by atoms with Crippen LogP contribution in [0.4, 0.5) is 0 Å². The van der Waals surface area contributed by atoms with E-state index in [1.54, 1.807) is 11.3 Å². The second kappa shape index (κ2) is 5.95. The van der Waals surface area contributed by atoms with E-state index < -0.39 is 0 Å². The minimum atomic E-state index is 0.0933. The van der Waals surface area contributed by atoms with Gasteiger partial charge in [-0.25, -0.2) is 0 Å². The molecule has 1 aliphatic carbocycles. The Morgan fingerprint density at radius 2 is 2.30 bits per heavy atom. The van der Waals surface area contributed by atoms with Crippen LogP contribution in [-0.2, 0) is 16.0 Å². The fraction of sp³-hybridized carbons (Fsp3) is 0.600. The predicted octanol–water partition coefficient (Wildman–Crippen LogP) is 1.81. The van der Waals surface area contributed by atoms with Gasteiger partial charge in [-0.1, -0.05) is 6.07 Å². The van der Waals surface area contributed by atoms with Crippen molar-refractivity contribution in [3.05, 3.63) is 22.4 Å². The first-order valence-corrected chi connectivity index (χ1v) is 8.19. The molecule has 2 amide bonds. The fourth-order valence-electron chi connectivity index (χ4n) is 2.72. The Kier molecular flexibility index (Phi) is 4.05. The lowest BCUT2D eigenvalue weighted by molar-refractivity contribution is -0.128. The van der Waals surface area contributed by atoms with Gasteiger partial charge in [-0.05, 0) is 30.7 Å². The van der Waals surface area contributed by atoms with Gasteiger partial charge < -0.3 is 10.2 Å². The molecular weight excluding hydrogens is 272 g/mol. The summed E-state index contributed by atoms with van der Waals surface area (Å²) in [6, 6.07) is 4.57. The average Bonchev–Trinajstić information content (AvgIpc) is 3.00. The van der Waals surface area contributed by atoms with E-state index in [-0.39, 0.29) is 11.8 Å². The second-order valence-electron chi connectivity index (χ2n) is 5.73. The normalized spacial score (nSPS) is 22.3. The van der Waals surface area contributed by atoms with E-state index in [4.69, 9.17) is 0 Å². The number of likely N-dealkylation sites (tertiary alicyclic amines) is 1. The van der Waals surface area contributed by atoms with E-state index in [9.17, 15) is 9.59 Å². The molecule has 1 unspecified atom stereocenters. The molecule has 0 radical (unpaired) electrons. The van der Waals surface area contributed by atoms with Crippen molar-refractivity contribution in [2.45, 2.75) is 38.1 Å². The van der Waals surface area contributed by atoms with Crippen LogP contribution in [0.1, 0.15) is 30.6 Å². The summed E-state index contributed by atoms with van der Waals surface area (Å²) in [5.41, 5.74) is 0. The minimum absolute atomic E-state index is 0.0933. The van der Waals surface area contributed by atoms with Gasteiger partial charge in [0.15, 0.2) is 0 Å². The van der Waals surface area contributed by atoms with E-state index in [1.807, 2.05) is 16.3 Å². The second-order valence-corrected chi connectivity index (χ2v) is 6.76. The van der Waals surface area contributed by atoms with Gasteiger partial charge in [0.2, 0.25) is 11.8 Å². The van der Waals surface area contributed by atoms with Crippen LogP contribution >= 0.6 is 11.3 Å². The third kappa shape index (κ3) is 3.39. The lowest BCUT2D eigenvalue weighted by Crippen LogP contribution is -2.32. The molecule has 1 saturated heterocycles. The number of aryl methyl sites for hydroxylation is 1. The highest BCUT2D eigenvalue weighted by Gasteiger charge is 2.39. The summed E-state index contributed by atoms with van der Waals surface area (Å²) in [4.78, 5) is 26.9. The lowest BCUT2D eigenvalue weighted by atomic mass is 10.1. The van der Waals surface area contributed by atoms with Gasteiger partial charge in [0.1, 0.15) is 0 Å². The number of nitrogens with one attached hydrogen (secondary N) is 1. The zero-order valence-corrected chi connectivity index (χ0v) is 12.3. The Morgan fingerprint density at radius 1 is 1.45 bits per heavy atom. The van der Waals surface area contributed by atoms with Crippen LogP contribution in [0, 0.1) is 5.92 Å². The van der Waals surface area contributed by atoms with Gasteiger partial charge in [-0.2, -0.15) is 0 Å². The number of carbonyl (C=O) groups excluding carboxylic acids is 2. The molecule has 2 fully saturated rings. The highest BCUT2D eigenvalue weighted by Crippen LogP contribution is 2.32. The van der Waals surface area contributed by atoms with Crippen LogP contribution < -0.4 is 5.32 Å². The summed E-state index contributed by atoms with van der Waals surface area (Å²) in [6.07, 6.45) is 4.26. The first kappa shape index (κ1) is 13.6. The maximum atomic E-state index is 11.8. The van der Waals surface area contributed by atoms with Crippen molar-refractivity contribution in [3.63, 3.8) is 0 Å². The molecule has 0 spiro atoms. The third-order valence-corrected chi connectivity index (χ3v) is 4.93. The quantitative estimate of drug-likeness (QED) is 0.869. The van der Waals surface area contributed by atoms with Crippen LogP contribution in [0.15, 0.2) is 17.5 Å². The standard InChI is InChI=1S/C15H20N2O2S/c18-14(6-5-13-2-1-7-20-13)16-9-11-8-15(19)17(10-11)12-3-4-12/h1-2,7,11-12H,3-6,8-10H2,(H,16,18). The van der Waals surface area contributed by atoms with Gasteiger partial charge in [0.05, 0.1) is 0 Å². The largest absolute Gasteiger partial charge is 0.356 e. The molecule has 108 valence electrons. The number of hydrogen-bond acceptors (Lipinski definition) is 3. The van der Waals surface area contributed by atoms with E-state index in [0.29, 0.717) is 31.3 Å². The molecule has 0 aromatic carbocycles. The van der Waals surface area contributed by atoms with Gasteiger partial charge in [-0.15, -0.1) is 11.3 Å². The molecule has 1 N–H and O–H groups in total. The number of carbonyl (C=O) groups is 2. The fourth-order valence-corrected chi connectivity index (χ4v) is 3.43. The van der Waals surface area contributed by atoms with E-state index >= 15 is 0 Å². The highest BCUT2D eigenvalue weighted by molar-refractivity contribution is 7.09. The smallest absolute Gasteiger partial charge is 0.223 e. The van der Waals surface area contributed by atoms with Crippen molar-refractivity contribution in [3.8, 4) is 0 Å². The Bertz CT molecular complexity index is 482. The van der Waals surface area contributed by atoms with Crippen molar-refractivity contribution in [2.24, 2.45) is 5.92 Å². The molecule has 2 aliphatic rings. The summed E-state index contributed by atoms with van der Waals surface area (Å²) >= 11 is 1.69. The van der Waals surface area contributed by atoms with Crippen LogP contribution in [0.5, 0.6) is 0 Å². The third-order valence-electron chi connectivity index (χ3n) is 3.99. The summed E-state index contributed by atoms with van der Waals surface area (Å²) in [6.45, 7) is 1.47. The summed E-state index contributed by atoms with van der Waals surface area (Å²) < 4.78 is 0. The first-order chi connectivity index (χ1) is 9.72. The Hall–Kier alpha value is -1.36. The Labute approximate surface area is 123 Å². The van der Waals surface area contributed by atoms with Crippen LogP contribution in [0.2, 0.25) is 0 Å². The monoisotopic (exact) mass is 292 g/mol. The number of amides is 2. The molecule has 2 heterocycles. The molecule has 1 aromatic rings. The molecule has 1 aromatic heterocycles. The minimum Gasteiger partial charge on any atom is -0.356 e. The van der Waals surface area contributed by atoms with Crippen molar-refractivity contribution >= 4 is 23.2 Å². The van der Waals surface area contributed by atoms with Crippen LogP contribution in [0.25, 0.3) is 0 Å². The van der Waals surface area contributed by atoms with Crippen molar-refractivity contribution in [2.75, 3.05) is 13.1 Å². The van der Waals surface area contributed by atoms with Gasteiger partial charge in [0.25, 0.3) is 0 Å². The maximum absolute atomic E-state index is 11.8. The van der Waals surface area contributed by atoms with Crippen molar-refractivity contribution in [1.82, 2.24) is 10.2 Å². The van der Waals surface area contributed by atoms with Crippen LogP contribution in [-0.4, -0.2) is 35.8 Å². The first-order valence-electron chi connectivity index (χ1n) is 7.31. The number of thiophene rings is 1. The van der Waals surface area contributed by atoms with Crippen molar-refractivity contribution < 1.29 is 9.59 Å². The van der Waals surface area contributed by atoms with Gasteiger partial charge in [0, 0.05) is 42.8 Å². The molecule has 1 aliphatic heterocycles. The number of hydrogen-bond donors (Lipinski definition) is 1. The Morgan fingerprint density at radius 3 is 3.00 bits per heavy atom. The Balaban J connectivity index is 1.36. The number of nitrogens with zero attached hydrogens (tertiary/aromatic N) is 1. The van der Waals surface area contributed by atoms with E-state index in [1.165, 1.54) is 4.88 Å². The number of rotatable bonds is 6. The average molecular weight is 292 g/mol. The molecule has 1 saturated carbocycles. The topological polar surface area (TPSA) is 49.4 Å². The zero-order chi connectivity index (χ0) is 13.9. The maximum Gasteiger partial charge on any atom is 0.223 e. The van der Waals surface area contributed by atoms with Crippen LogP contribution in [0.3, 0.4) is 0 Å². The predicted molar refractivity (Wildman–Crippen MR) is 78.5 cm³/mol. The van der Waals surface area contributed by atoms with Gasteiger partial charge in [-0.3, -0.25) is 9.59 Å². The molecule has 1 atom stereocenters. The van der Waals surface area contributed by atoms with E-state index in [2.05, 4.69) is 11.4 Å². The molecule has 0 bridgehead atoms. The lowest BCUT2D eigenvalue weighted by Gasteiger charge is -2.15. The molecule has 4 nitrogen and oxygen atoms in total. The SMILES string of the molecule is O=C(CCc1cccs1)NCC1CC(=O)N(C2CC2)C1. The highest BCUT2D eigenvalue weighted by atomic mass is 32.1. The molecule has 5 heteroatoms. The van der Waals surface area contributed by atoms with E-state index in [0.717, 1.165) is 25.8 Å². The summed E-state index contributed by atoms with van der Waals surface area (Å²) in [5.74, 6) is 0.662. The zero-order valence-electron chi connectivity index (χ0n) is 11.5.